The fraction of sp³-hybridized carbons (Fsp3) is 0.640. The van der Waals surface area contributed by atoms with E-state index in [1.807, 2.05) is 26.0 Å². The van der Waals surface area contributed by atoms with Gasteiger partial charge in [0.2, 0.25) is 17.7 Å². The van der Waals surface area contributed by atoms with Crippen molar-refractivity contribution in [3.05, 3.63) is 54.1 Å². The lowest BCUT2D eigenvalue weighted by Gasteiger charge is -2.64. The molecule has 350 valence electrons. The highest BCUT2D eigenvalue weighted by Gasteiger charge is 2.68. The number of aliphatic hydroxyl groups is 1. The predicted molar refractivity (Wildman–Crippen MR) is 246 cm³/mol. The molecule has 0 aromatic heterocycles. The summed E-state index contributed by atoms with van der Waals surface area (Å²) < 4.78 is 18.5. The van der Waals surface area contributed by atoms with Crippen LogP contribution in [0.1, 0.15) is 138 Å². The molecule has 2 aromatic rings. The Morgan fingerprint density at radius 1 is 0.812 bits per heavy atom. The van der Waals surface area contributed by atoms with Gasteiger partial charge in [-0.15, -0.1) is 0 Å². The minimum atomic E-state index is -1.38. The molecule has 1 unspecified atom stereocenters. The van der Waals surface area contributed by atoms with Crippen LogP contribution in [0, 0.1) is 29.1 Å². The summed E-state index contributed by atoms with van der Waals surface area (Å²) in [5.41, 5.74) is 8.51. The number of Topliss-reactive ketones (excluding diaryl/α,β-unsaturated/α-hetero) is 2. The normalized spacial score (nSPS) is 23.6. The van der Waals surface area contributed by atoms with Gasteiger partial charge in [-0.2, -0.15) is 0 Å². The van der Waals surface area contributed by atoms with Gasteiger partial charge >= 0.3 is 13.1 Å². The Morgan fingerprint density at radius 2 is 1.45 bits per heavy atom. The molecular weight excluding hydrogens is 813 g/mol. The first-order valence-electron chi connectivity index (χ1n) is 23.6. The smallest absolute Gasteiger partial charge is 0.427 e. The molecule has 5 N–H and O–H groups in total. The van der Waals surface area contributed by atoms with Crippen LogP contribution < -0.4 is 21.1 Å². The molecular formula is C50H72BN3O10. The van der Waals surface area contributed by atoms with Gasteiger partial charge in [-0.1, -0.05) is 104 Å². The fourth-order valence-corrected chi connectivity index (χ4v) is 10.0. The molecule has 3 amide bonds. The zero-order valence-electron chi connectivity index (χ0n) is 39.3. The van der Waals surface area contributed by atoms with Gasteiger partial charge in [0.05, 0.1) is 36.7 Å². The van der Waals surface area contributed by atoms with Crippen molar-refractivity contribution in [2.24, 2.45) is 34.8 Å². The van der Waals surface area contributed by atoms with Gasteiger partial charge in [-0.25, -0.2) is 0 Å². The maximum absolute atomic E-state index is 13.7. The Morgan fingerprint density at radius 3 is 2.05 bits per heavy atom. The van der Waals surface area contributed by atoms with E-state index in [9.17, 15) is 33.9 Å². The lowest BCUT2D eigenvalue weighted by atomic mass is 9.43. The van der Waals surface area contributed by atoms with E-state index in [1.54, 1.807) is 12.1 Å². The van der Waals surface area contributed by atoms with Crippen molar-refractivity contribution in [3.63, 3.8) is 0 Å². The van der Waals surface area contributed by atoms with Crippen LogP contribution in [0.25, 0.3) is 11.1 Å². The topological polar surface area (TPSA) is 200 Å². The van der Waals surface area contributed by atoms with E-state index in [-0.39, 0.29) is 36.6 Å². The van der Waals surface area contributed by atoms with Crippen molar-refractivity contribution >= 4 is 42.4 Å². The number of unbranched alkanes of at least 4 members (excludes halogenated alkanes) is 3. The van der Waals surface area contributed by atoms with Crippen LogP contribution in [0.3, 0.4) is 0 Å². The minimum Gasteiger partial charge on any atom is -0.427 e. The number of hydrogen-bond acceptors (Lipinski definition) is 10. The van der Waals surface area contributed by atoms with Crippen LogP contribution in [0.4, 0.5) is 0 Å². The molecule has 1 aliphatic heterocycles. The summed E-state index contributed by atoms with van der Waals surface area (Å²) in [4.78, 5) is 79.8. The Bertz CT molecular complexity index is 1950. The molecule has 64 heavy (non-hydrogen) atoms. The average Bonchev–Trinajstić information content (AvgIpc) is 3.62. The number of esters is 1. The van der Waals surface area contributed by atoms with Crippen LogP contribution in [0.2, 0.25) is 5.82 Å². The molecule has 2 bridgehead atoms. The van der Waals surface area contributed by atoms with Gasteiger partial charge in [-0.3, -0.25) is 28.8 Å². The summed E-state index contributed by atoms with van der Waals surface area (Å²) in [7, 11) is -0.624. The van der Waals surface area contributed by atoms with E-state index in [1.165, 1.54) is 19.4 Å². The summed E-state index contributed by atoms with van der Waals surface area (Å²) in [6, 6.07) is 13.0. The largest absolute Gasteiger partial charge is 0.461 e. The van der Waals surface area contributed by atoms with E-state index >= 15 is 0 Å². The van der Waals surface area contributed by atoms with Gasteiger partial charge in [0.25, 0.3) is 0 Å². The Hall–Kier alpha value is -4.40. The molecule has 4 aliphatic rings. The number of aliphatic hydroxyl groups excluding tert-OH is 1. The zero-order chi connectivity index (χ0) is 46.9. The number of hydrogen-bond donors (Lipinski definition) is 4. The third-order valence-electron chi connectivity index (χ3n) is 14.3. The van der Waals surface area contributed by atoms with E-state index in [0.717, 1.165) is 56.1 Å². The van der Waals surface area contributed by atoms with E-state index in [4.69, 9.17) is 19.8 Å². The number of aryl methyl sites for hydroxylation is 1. The summed E-state index contributed by atoms with van der Waals surface area (Å²) in [5.74, 6) is -4.66. The van der Waals surface area contributed by atoms with Crippen molar-refractivity contribution in [2.75, 3.05) is 0 Å². The SMILES string of the molecule is CCCCC[C@H](CC(=O)Oc1ccc(-c2ccc(CCCC)cc2)cc1)C(=O)N[C@H](C(=O)C[C@@H](C)C(=O)N[C@@H](CC(N)=O)C(=O)C[C@@H](C)B1OC2C[C@@H]3C[C@@H](C3(C)C)[C@]2(C)O1)[C@@H](C)O. The van der Waals surface area contributed by atoms with E-state index in [0.29, 0.717) is 30.4 Å². The molecule has 1 heterocycles. The summed E-state index contributed by atoms with van der Waals surface area (Å²) >= 11 is 0. The number of carbonyl (C=O) groups excluding carboxylic acids is 6. The molecule has 4 fully saturated rings. The first-order chi connectivity index (χ1) is 30.3. The van der Waals surface area contributed by atoms with Gasteiger partial charge < -0.3 is 35.5 Å². The number of benzene rings is 2. The molecule has 14 heteroatoms. The zero-order valence-corrected chi connectivity index (χ0v) is 39.3. The highest BCUT2D eigenvalue weighted by atomic mass is 16.7. The van der Waals surface area contributed by atoms with Crippen LogP contribution in [0.15, 0.2) is 48.5 Å². The Kier molecular flexibility index (Phi) is 17.5. The summed E-state index contributed by atoms with van der Waals surface area (Å²) in [5, 5.41) is 15.9. The standard InChI is InChI=1S/C50H72BN3O10/c1-9-11-13-15-36(26-45(59)62-38-22-20-35(21-23-38)34-18-16-33(17-19-34)14-12-10-2)48(61)54-46(32(5)55)41(57)24-30(3)47(60)53-39(29-44(52)58)40(56)25-31(4)51-63-43-28-37-27-42(49(37,6)7)50(43,8)64-51/h16-23,30-32,36-37,39,42-43,46,55H,9-15,24-29H2,1-8H3,(H2,52,58)(H,53,60)(H,54,61)/t30-,31-,32-,36-,37+,39+,42+,43?,46+,50+/m1/s1. The second kappa shape index (κ2) is 22.2. The number of nitrogens with two attached hydrogens (primary N) is 1. The van der Waals surface area contributed by atoms with Crippen LogP contribution in [0.5, 0.6) is 5.75 Å². The van der Waals surface area contributed by atoms with E-state index < -0.39 is 84.4 Å². The molecule has 0 radical (unpaired) electrons. The third kappa shape index (κ3) is 12.5. The highest BCUT2D eigenvalue weighted by molar-refractivity contribution is 6.47. The molecule has 3 saturated carbocycles. The number of ether oxygens (including phenoxy) is 1. The number of primary amides is 1. The first kappa shape index (κ1) is 50.6. The molecule has 10 atom stereocenters. The van der Waals surface area contributed by atoms with Gasteiger partial charge in [0.15, 0.2) is 11.6 Å². The molecule has 6 rings (SSSR count). The Labute approximate surface area is 380 Å². The Balaban J connectivity index is 1.14. The quantitative estimate of drug-likeness (QED) is 0.0346. The minimum absolute atomic E-state index is 0.0416. The predicted octanol–water partition coefficient (Wildman–Crippen LogP) is 7.09. The monoisotopic (exact) mass is 886 g/mol. The fourth-order valence-electron chi connectivity index (χ4n) is 10.0. The molecule has 3 aliphatic carbocycles. The van der Waals surface area contributed by atoms with Crippen molar-refractivity contribution in [3.8, 4) is 16.9 Å². The molecule has 0 spiro atoms. The van der Waals surface area contributed by atoms with Crippen LogP contribution >= 0.6 is 0 Å². The number of carbonyl (C=O) groups is 6. The number of rotatable bonds is 25. The van der Waals surface area contributed by atoms with Crippen LogP contribution in [-0.2, 0) is 44.5 Å². The summed E-state index contributed by atoms with van der Waals surface area (Å²) in [6.07, 6.45) is 5.51. The molecule has 2 aromatic carbocycles. The van der Waals surface area contributed by atoms with Gasteiger partial charge in [0, 0.05) is 24.7 Å². The maximum Gasteiger partial charge on any atom is 0.461 e. The average molecular weight is 886 g/mol. The number of ketones is 2. The lowest BCUT2D eigenvalue weighted by molar-refractivity contribution is -0.199. The third-order valence-corrected chi connectivity index (χ3v) is 14.3. The van der Waals surface area contributed by atoms with E-state index in [2.05, 4.69) is 62.6 Å². The summed E-state index contributed by atoms with van der Waals surface area (Å²) in [6.45, 7) is 15.5. The first-order valence-corrected chi connectivity index (χ1v) is 23.6. The number of nitrogens with one attached hydrogen (secondary N) is 2. The van der Waals surface area contributed by atoms with Crippen molar-refractivity contribution < 1.29 is 47.9 Å². The van der Waals surface area contributed by atoms with Crippen molar-refractivity contribution in [2.45, 2.75) is 175 Å². The lowest BCUT2D eigenvalue weighted by Crippen LogP contribution is -2.65. The van der Waals surface area contributed by atoms with Gasteiger partial charge in [-0.05, 0) is 97.8 Å². The molecule has 1 saturated heterocycles. The highest BCUT2D eigenvalue weighted by Crippen LogP contribution is 2.66. The van der Waals surface area contributed by atoms with Crippen molar-refractivity contribution in [1.29, 1.82) is 0 Å². The second-order valence-electron chi connectivity index (χ2n) is 19.7. The number of amides is 3. The maximum atomic E-state index is 13.7. The second-order valence-corrected chi connectivity index (χ2v) is 19.7. The van der Waals surface area contributed by atoms with Crippen molar-refractivity contribution in [1.82, 2.24) is 10.6 Å². The molecule has 13 nitrogen and oxygen atoms in total. The van der Waals surface area contributed by atoms with Crippen LogP contribution in [-0.4, -0.2) is 77.4 Å². The van der Waals surface area contributed by atoms with Gasteiger partial charge in [0.1, 0.15) is 11.8 Å².